The Hall–Kier alpha value is -2.67. The Balaban J connectivity index is 1.90. The number of furan rings is 1. The second-order valence-corrected chi connectivity index (χ2v) is 8.19. The molecular weight excluding hydrogens is 366 g/mol. The lowest BCUT2D eigenvalue weighted by Gasteiger charge is -2.35. The smallest absolute Gasteiger partial charge is 0.255 e. The van der Waals surface area contributed by atoms with Gasteiger partial charge in [-0.1, -0.05) is 0 Å². The molecule has 1 saturated heterocycles. The van der Waals surface area contributed by atoms with Crippen molar-refractivity contribution in [1.82, 2.24) is 19.7 Å². The van der Waals surface area contributed by atoms with Crippen molar-refractivity contribution in [3.63, 3.8) is 0 Å². The van der Waals surface area contributed by atoms with Crippen LogP contribution in [0.1, 0.15) is 61.0 Å². The summed E-state index contributed by atoms with van der Waals surface area (Å²) < 4.78 is 7.59. The third-order valence-corrected chi connectivity index (χ3v) is 5.76. The van der Waals surface area contributed by atoms with Crippen LogP contribution in [0.15, 0.2) is 22.7 Å². The normalized spacial score (nSPS) is 17.4. The molecule has 4 heterocycles. The van der Waals surface area contributed by atoms with Crippen molar-refractivity contribution < 1.29 is 9.21 Å². The van der Waals surface area contributed by atoms with Crippen molar-refractivity contribution in [1.29, 1.82) is 0 Å². The summed E-state index contributed by atoms with van der Waals surface area (Å²) in [4.78, 5) is 20.4. The maximum absolute atomic E-state index is 13.6. The molecule has 0 aromatic carbocycles. The fourth-order valence-corrected chi connectivity index (χ4v) is 4.26. The summed E-state index contributed by atoms with van der Waals surface area (Å²) in [6, 6.07) is 4.08. The quantitative estimate of drug-likeness (QED) is 0.725. The second kappa shape index (κ2) is 7.63. The average molecular weight is 396 g/mol. The number of nitrogens with zero attached hydrogens (tertiary/aromatic N) is 4. The first kappa shape index (κ1) is 19.6. The topological polar surface area (TPSA) is 90.2 Å². The molecule has 2 N–H and O–H groups in total. The number of pyridine rings is 1. The van der Waals surface area contributed by atoms with Crippen LogP contribution < -0.4 is 5.73 Å². The highest BCUT2D eigenvalue weighted by Crippen LogP contribution is 2.31. The number of piperidine rings is 1. The van der Waals surface area contributed by atoms with Gasteiger partial charge in [0.05, 0.1) is 22.8 Å². The molecule has 0 aliphatic carbocycles. The Morgan fingerprint density at radius 2 is 2.10 bits per heavy atom. The number of amides is 1. The van der Waals surface area contributed by atoms with E-state index in [0.29, 0.717) is 12.1 Å². The summed E-state index contributed by atoms with van der Waals surface area (Å²) >= 11 is 0. The highest BCUT2D eigenvalue weighted by atomic mass is 16.3. The number of aryl methyl sites for hydroxylation is 2. The number of rotatable bonds is 4. The van der Waals surface area contributed by atoms with E-state index in [1.807, 2.05) is 35.6 Å². The highest BCUT2D eigenvalue weighted by molar-refractivity contribution is 6.06. The van der Waals surface area contributed by atoms with Gasteiger partial charge in [-0.05, 0) is 59.1 Å². The van der Waals surface area contributed by atoms with Crippen molar-refractivity contribution in [2.45, 2.75) is 59.0 Å². The third kappa shape index (κ3) is 3.44. The van der Waals surface area contributed by atoms with Gasteiger partial charge in [0.2, 0.25) is 0 Å². The molecular formula is C22H29N5O2. The van der Waals surface area contributed by atoms with Crippen LogP contribution in [0.3, 0.4) is 0 Å². The second-order valence-electron chi connectivity index (χ2n) is 8.19. The van der Waals surface area contributed by atoms with Gasteiger partial charge in [0.15, 0.2) is 5.65 Å². The summed E-state index contributed by atoms with van der Waals surface area (Å²) in [7, 11) is 0. The maximum Gasteiger partial charge on any atom is 0.255 e. The Labute approximate surface area is 170 Å². The van der Waals surface area contributed by atoms with Crippen LogP contribution in [0.25, 0.3) is 22.3 Å². The molecule has 4 rings (SSSR count). The first-order valence-corrected chi connectivity index (χ1v) is 10.4. The summed E-state index contributed by atoms with van der Waals surface area (Å²) in [6.45, 7) is 9.18. The molecule has 1 aliphatic heterocycles. The minimum atomic E-state index is 0.00924. The number of hydrogen-bond donors (Lipinski definition) is 1. The molecule has 7 nitrogen and oxygen atoms in total. The molecule has 0 saturated carbocycles. The van der Waals surface area contributed by atoms with Crippen LogP contribution in [-0.2, 0) is 0 Å². The molecule has 3 aromatic rings. The standard InChI is InChI=1S/C22H29N5O2/c1-13(2)27-21-19(12-24-27)18(22(28)26-8-6-5-7-16(26)11-23)10-20(25-21)17-9-14(3)29-15(17)4/h9-10,12-13,16H,5-8,11,23H2,1-4H3. The Bertz CT molecular complexity index is 1050. The Morgan fingerprint density at radius 1 is 1.31 bits per heavy atom. The zero-order valence-corrected chi connectivity index (χ0v) is 17.6. The molecule has 7 heteroatoms. The van der Waals surface area contributed by atoms with Crippen LogP contribution in [-0.4, -0.2) is 44.7 Å². The predicted molar refractivity (Wildman–Crippen MR) is 113 cm³/mol. The number of fused-ring (bicyclic) bond motifs is 1. The van der Waals surface area contributed by atoms with Gasteiger partial charge >= 0.3 is 0 Å². The lowest BCUT2D eigenvalue weighted by Crippen LogP contribution is -2.47. The molecule has 0 bridgehead atoms. The fourth-order valence-electron chi connectivity index (χ4n) is 4.26. The number of aromatic nitrogens is 3. The summed E-state index contributed by atoms with van der Waals surface area (Å²) in [6.07, 6.45) is 4.83. The van der Waals surface area contributed by atoms with Crippen LogP contribution in [0.2, 0.25) is 0 Å². The van der Waals surface area contributed by atoms with Crippen LogP contribution >= 0.6 is 0 Å². The summed E-state index contributed by atoms with van der Waals surface area (Å²) in [5.41, 5.74) is 8.97. The number of likely N-dealkylation sites (tertiary alicyclic amines) is 1. The minimum absolute atomic E-state index is 0.00924. The van der Waals surface area contributed by atoms with Gasteiger partial charge in [0.25, 0.3) is 5.91 Å². The van der Waals surface area contributed by atoms with E-state index in [4.69, 9.17) is 15.1 Å². The number of carbonyl (C=O) groups is 1. The highest BCUT2D eigenvalue weighted by Gasteiger charge is 2.29. The van der Waals surface area contributed by atoms with E-state index in [1.54, 1.807) is 6.20 Å². The van der Waals surface area contributed by atoms with E-state index < -0.39 is 0 Å². The molecule has 1 unspecified atom stereocenters. The maximum atomic E-state index is 13.6. The molecule has 3 aromatic heterocycles. The first-order chi connectivity index (χ1) is 13.9. The zero-order chi connectivity index (χ0) is 20.7. The van der Waals surface area contributed by atoms with Crippen molar-refractivity contribution in [2.24, 2.45) is 5.73 Å². The van der Waals surface area contributed by atoms with Crippen molar-refractivity contribution >= 4 is 16.9 Å². The lowest BCUT2D eigenvalue weighted by molar-refractivity contribution is 0.0625. The van der Waals surface area contributed by atoms with Gasteiger partial charge in [-0.15, -0.1) is 0 Å². The molecule has 1 fully saturated rings. The molecule has 1 amide bonds. The van der Waals surface area contributed by atoms with Crippen LogP contribution in [0, 0.1) is 13.8 Å². The average Bonchev–Trinajstić information content (AvgIpc) is 3.29. The monoisotopic (exact) mass is 395 g/mol. The van der Waals surface area contributed by atoms with Gasteiger partial charge in [0.1, 0.15) is 11.5 Å². The van der Waals surface area contributed by atoms with E-state index >= 15 is 0 Å². The van der Waals surface area contributed by atoms with Gasteiger partial charge < -0.3 is 15.1 Å². The third-order valence-electron chi connectivity index (χ3n) is 5.76. The summed E-state index contributed by atoms with van der Waals surface area (Å²) in [5, 5.41) is 5.30. The largest absolute Gasteiger partial charge is 0.466 e. The Kier molecular flexibility index (Phi) is 5.17. The van der Waals surface area contributed by atoms with E-state index in [2.05, 4.69) is 18.9 Å². The number of nitrogens with two attached hydrogens (primary N) is 1. The van der Waals surface area contributed by atoms with Crippen molar-refractivity contribution in [3.05, 3.63) is 35.4 Å². The van der Waals surface area contributed by atoms with Gasteiger partial charge in [-0.3, -0.25) is 4.79 Å². The van der Waals surface area contributed by atoms with E-state index in [9.17, 15) is 4.79 Å². The fraction of sp³-hybridized carbons (Fsp3) is 0.500. The van der Waals surface area contributed by atoms with E-state index in [0.717, 1.165) is 59.6 Å². The molecule has 0 spiro atoms. The zero-order valence-electron chi connectivity index (χ0n) is 17.6. The van der Waals surface area contributed by atoms with E-state index in [-0.39, 0.29) is 18.0 Å². The molecule has 29 heavy (non-hydrogen) atoms. The van der Waals surface area contributed by atoms with Gasteiger partial charge in [0, 0.05) is 30.7 Å². The summed E-state index contributed by atoms with van der Waals surface area (Å²) in [5.74, 6) is 1.63. The molecule has 154 valence electrons. The SMILES string of the molecule is Cc1cc(-c2cc(C(=O)N3CCCCC3CN)c3cnn(C(C)C)c3n2)c(C)o1. The van der Waals surface area contributed by atoms with Crippen LogP contribution in [0.5, 0.6) is 0 Å². The van der Waals surface area contributed by atoms with Gasteiger partial charge in [-0.2, -0.15) is 5.10 Å². The number of hydrogen-bond acceptors (Lipinski definition) is 5. The van der Waals surface area contributed by atoms with Crippen molar-refractivity contribution in [2.75, 3.05) is 13.1 Å². The first-order valence-electron chi connectivity index (χ1n) is 10.4. The minimum Gasteiger partial charge on any atom is -0.466 e. The van der Waals surface area contributed by atoms with E-state index in [1.165, 1.54) is 0 Å². The van der Waals surface area contributed by atoms with Crippen LogP contribution in [0.4, 0.5) is 0 Å². The predicted octanol–water partition coefficient (Wildman–Crippen LogP) is 3.84. The molecule has 0 radical (unpaired) electrons. The number of carbonyl (C=O) groups excluding carboxylic acids is 1. The Morgan fingerprint density at radius 3 is 2.76 bits per heavy atom. The molecule has 1 atom stereocenters. The van der Waals surface area contributed by atoms with Gasteiger partial charge in [-0.25, -0.2) is 9.67 Å². The lowest BCUT2D eigenvalue weighted by atomic mass is 9.99. The molecule has 1 aliphatic rings. The van der Waals surface area contributed by atoms with Crippen molar-refractivity contribution in [3.8, 4) is 11.3 Å².